The molecule has 1 N–H and O–H groups in total. The van der Waals surface area contributed by atoms with Gasteiger partial charge < -0.3 is 19.2 Å². The Morgan fingerprint density at radius 3 is 2.62 bits per heavy atom. The van der Waals surface area contributed by atoms with E-state index in [2.05, 4.69) is 5.32 Å². The van der Waals surface area contributed by atoms with Gasteiger partial charge in [-0.05, 0) is 26.0 Å². The highest BCUT2D eigenvalue weighted by Crippen LogP contribution is 2.34. The molecule has 0 saturated heterocycles. The molecule has 0 atom stereocenters. The molecule has 1 aliphatic heterocycles. The molecule has 1 aromatic carbocycles. The minimum atomic E-state index is -0.426. The number of anilines is 1. The van der Waals surface area contributed by atoms with Gasteiger partial charge in [0.25, 0.3) is 5.91 Å². The van der Waals surface area contributed by atoms with Gasteiger partial charge in [0.1, 0.15) is 5.76 Å². The molecule has 2 aromatic rings. The Kier molecular flexibility index (Phi) is 3.13. The average molecular weight is 287 g/mol. The number of aryl methyl sites for hydroxylation is 1. The average Bonchev–Trinajstić information content (AvgIpc) is 3.04. The summed E-state index contributed by atoms with van der Waals surface area (Å²) in [5.74, 6) is 1.17. The van der Waals surface area contributed by atoms with Crippen LogP contribution in [0.3, 0.4) is 0 Å². The highest BCUT2D eigenvalue weighted by molar-refractivity contribution is 6.05. The maximum absolute atomic E-state index is 12.1. The lowest BCUT2D eigenvalue weighted by Crippen LogP contribution is -2.10. The Bertz CT molecular complexity index is 732. The van der Waals surface area contributed by atoms with E-state index >= 15 is 0 Å². The van der Waals surface area contributed by atoms with Crippen LogP contribution in [0.2, 0.25) is 0 Å². The molecule has 0 bridgehead atoms. The molecule has 3 rings (SSSR count). The van der Waals surface area contributed by atoms with Crippen LogP contribution in [0.4, 0.5) is 5.69 Å². The van der Waals surface area contributed by atoms with E-state index in [1.165, 1.54) is 13.0 Å². The Balaban J connectivity index is 1.80. The van der Waals surface area contributed by atoms with Gasteiger partial charge in [0.2, 0.25) is 6.79 Å². The van der Waals surface area contributed by atoms with E-state index in [9.17, 15) is 9.59 Å². The molecule has 0 fully saturated rings. The van der Waals surface area contributed by atoms with Gasteiger partial charge in [-0.1, -0.05) is 0 Å². The second-order valence-corrected chi connectivity index (χ2v) is 4.66. The number of fused-ring (bicyclic) bond motifs is 1. The molecule has 0 unspecified atom stereocenters. The third-order valence-electron chi connectivity index (χ3n) is 3.15. The number of hydrogen-bond donors (Lipinski definition) is 1. The van der Waals surface area contributed by atoms with Gasteiger partial charge in [0.05, 0.1) is 5.56 Å². The van der Waals surface area contributed by atoms with Crippen molar-refractivity contribution in [2.45, 2.75) is 13.8 Å². The van der Waals surface area contributed by atoms with Crippen LogP contribution in [-0.2, 0) is 0 Å². The summed E-state index contributed by atoms with van der Waals surface area (Å²) < 4.78 is 15.8. The van der Waals surface area contributed by atoms with E-state index in [0.29, 0.717) is 28.5 Å². The SMILES string of the molecule is CC(=O)c1cc(C(=O)Nc2ccc3c(c2)OCO3)oc1C. The van der Waals surface area contributed by atoms with Crippen LogP contribution < -0.4 is 14.8 Å². The molecule has 6 nitrogen and oxygen atoms in total. The van der Waals surface area contributed by atoms with Crippen molar-refractivity contribution < 1.29 is 23.5 Å². The van der Waals surface area contributed by atoms with E-state index in [-0.39, 0.29) is 18.3 Å². The van der Waals surface area contributed by atoms with Crippen molar-refractivity contribution in [3.63, 3.8) is 0 Å². The van der Waals surface area contributed by atoms with Crippen LogP contribution in [0.5, 0.6) is 11.5 Å². The highest BCUT2D eigenvalue weighted by Gasteiger charge is 2.18. The minimum absolute atomic E-state index is 0.0929. The van der Waals surface area contributed by atoms with Crippen LogP contribution in [0.1, 0.15) is 33.6 Å². The molecule has 0 saturated carbocycles. The van der Waals surface area contributed by atoms with Crippen LogP contribution in [-0.4, -0.2) is 18.5 Å². The maximum atomic E-state index is 12.1. The number of benzene rings is 1. The predicted molar refractivity (Wildman–Crippen MR) is 74.0 cm³/mol. The molecule has 21 heavy (non-hydrogen) atoms. The first-order valence-electron chi connectivity index (χ1n) is 6.37. The number of hydrogen-bond acceptors (Lipinski definition) is 5. The predicted octanol–water partition coefficient (Wildman–Crippen LogP) is 2.77. The number of ketones is 1. The maximum Gasteiger partial charge on any atom is 0.291 e. The van der Waals surface area contributed by atoms with Crippen molar-refractivity contribution in [1.29, 1.82) is 0 Å². The summed E-state index contributed by atoms with van der Waals surface area (Å²) in [6.07, 6.45) is 0. The summed E-state index contributed by atoms with van der Waals surface area (Å²) in [4.78, 5) is 23.5. The second-order valence-electron chi connectivity index (χ2n) is 4.66. The lowest BCUT2D eigenvalue weighted by atomic mass is 10.2. The highest BCUT2D eigenvalue weighted by atomic mass is 16.7. The molecular weight excluding hydrogens is 274 g/mol. The number of amides is 1. The first-order chi connectivity index (χ1) is 10.0. The Labute approximate surface area is 120 Å². The van der Waals surface area contributed by atoms with E-state index in [0.717, 1.165) is 0 Å². The third-order valence-corrected chi connectivity index (χ3v) is 3.15. The molecule has 108 valence electrons. The van der Waals surface area contributed by atoms with Gasteiger partial charge in [-0.3, -0.25) is 9.59 Å². The van der Waals surface area contributed by atoms with Crippen LogP contribution in [0.15, 0.2) is 28.7 Å². The minimum Gasteiger partial charge on any atom is -0.455 e. The van der Waals surface area contributed by atoms with Crippen molar-refractivity contribution in [3.8, 4) is 11.5 Å². The largest absolute Gasteiger partial charge is 0.455 e. The van der Waals surface area contributed by atoms with Crippen LogP contribution in [0, 0.1) is 6.92 Å². The summed E-state index contributed by atoms with van der Waals surface area (Å²) in [6.45, 7) is 3.25. The molecule has 0 aliphatic carbocycles. The standard InChI is InChI=1S/C15H13NO5/c1-8(17)11-6-14(21-9(11)2)15(18)16-10-3-4-12-13(5-10)20-7-19-12/h3-6H,7H2,1-2H3,(H,16,18). The Hall–Kier alpha value is -2.76. The number of nitrogens with one attached hydrogen (secondary N) is 1. The van der Waals surface area contributed by atoms with E-state index in [4.69, 9.17) is 13.9 Å². The van der Waals surface area contributed by atoms with Crippen molar-refractivity contribution in [1.82, 2.24) is 0 Å². The monoisotopic (exact) mass is 287 g/mol. The number of carbonyl (C=O) groups excluding carboxylic acids is 2. The summed E-state index contributed by atoms with van der Waals surface area (Å²) in [5.41, 5.74) is 0.966. The summed E-state index contributed by atoms with van der Waals surface area (Å²) >= 11 is 0. The Morgan fingerprint density at radius 1 is 1.14 bits per heavy atom. The van der Waals surface area contributed by atoms with Crippen LogP contribution in [0.25, 0.3) is 0 Å². The lowest BCUT2D eigenvalue weighted by molar-refractivity contribution is 0.0991. The van der Waals surface area contributed by atoms with Gasteiger partial charge in [-0.25, -0.2) is 0 Å². The fourth-order valence-electron chi connectivity index (χ4n) is 2.11. The zero-order chi connectivity index (χ0) is 15.0. The number of furan rings is 1. The summed E-state index contributed by atoms with van der Waals surface area (Å²) in [5, 5.41) is 2.69. The van der Waals surface area contributed by atoms with Crippen LogP contribution >= 0.6 is 0 Å². The van der Waals surface area contributed by atoms with Crippen molar-refractivity contribution in [2.24, 2.45) is 0 Å². The van der Waals surface area contributed by atoms with Crippen molar-refractivity contribution in [3.05, 3.63) is 41.3 Å². The topological polar surface area (TPSA) is 77.8 Å². The Morgan fingerprint density at radius 2 is 1.90 bits per heavy atom. The van der Waals surface area contributed by atoms with Gasteiger partial charge >= 0.3 is 0 Å². The van der Waals surface area contributed by atoms with E-state index < -0.39 is 5.91 Å². The number of rotatable bonds is 3. The zero-order valence-electron chi connectivity index (χ0n) is 11.6. The first kappa shape index (κ1) is 13.2. The van der Waals surface area contributed by atoms with Crippen molar-refractivity contribution in [2.75, 3.05) is 12.1 Å². The third kappa shape index (κ3) is 2.47. The molecule has 1 amide bonds. The zero-order valence-corrected chi connectivity index (χ0v) is 11.6. The fourth-order valence-corrected chi connectivity index (χ4v) is 2.11. The number of ether oxygens (including phenoxy) is 2. The molecule has 0 radical (unpaired) electrons. The lowest BCUT2D eigenvalue weighted by Gasteiger charge is -2.04. The van der Waals surface area contributed by atoms with Gasteiger partial charge in [0.15, 0.2) is 23.0 Å². The van der Waals surface area contributed by atoms with E-state index in [1.54, 1.807) is 25.1 Å². The molecular formula is C15H13NO5. The van der Waals surface area contributed by atoms with Crippen molar-refractivity contribution >= 4 is 17.4 Å². The molecule has 2 heterocycles. The van der Waals surface area contributed by atoms with Gasteiger partial charge in [-0.15, -0.1) is 0 Å². The van der Waals surface area contributed by atoms with Gasteiger partial charge in [0, 0.05) is 17.8 Å². The normalized spacial score (nSPS) is 12.3. The number of Topliss-reactive ketones (excluding diaryl/α,β-unsaturated/α-hetero) is 1. The first-order valence-corrected chi connectivity index (χ1v) is 6.37. The molecule has 6 heteroatoms. The van der Waals surface area contributed by atoms with E-state index in [1.807, 2.05) is 0 Å². The smallest absolute Gasteiger partial charge is 0.291 e. The molecule has 0 spiro atoms. The quantitative estimate of drug-likeness (QED) is 0.878. The fraction of sp³-hybridized carbons (Fsp3) is 0.200. The second kappa shape index (κ2) is 4.97. The summed E-state index contributed by atoms with van der Waals surface area (Å²) in [6, 6.07) is 6.53. The molecule has 1 aromatic heterocycles. The van der Waals surface area contributed by atoms with Gasteiger partial charge in [-0.2, -0.15) is 0 Å². The number of carbonyl (C=O) groups is 2. The molecule has 1 aliphatic rings. The summed E-state index contributed by atoms with van der Waals surface area (Å²) in [7, 11) is 0.